The lowest BCUT2D eigenvalue weighted by Gasteiger charge is -2.26. The van der Waals surface area contributed by atoms with Crippen LogP contribution < -0.4 is 9.47 Å². The number of amides is 1. The lowest BCUT2D eigenvalue weighted by atomic mass is 10.0. The molecule has 0 saturated carbocycles. The van der Waals surface area contributed by atoms with Gasteiger partial charge in [0.25, 0.3) is 0 Å². The fourth-order valence-corrected chi connectivity index (χ4v) is 3.55. The summed E-state index contributed by atoms with van der Waals surface area (Å²) < 4.78 is 11.4. The second-order valence-corrected chi connectivity index (χ2v) is 7.82. The number of hydrogen-bond donors (Lipinski definition) is 0. The van der Waals surface area contributed by atoms with E-state index in [0.717, 1.165) is 33.9 Å². The summed E-state index contributed by atoms with van der Waals surface area (Å²) in [5, 5.41) is 8.33. The Bertz CT molecular complexity index is 1330. The number of rotatable bonds is 7. The molecule has 0 saturated heterocycles. The summed E-state index contributed by atoms with van der Waals surface area (Å²) in [6.45, 7) is 3.56. The van der Waals surface area contributed by atoms with E-state index in [0.29, 0.717) is 11.4 Å². The Labute approximate surface area is 203 Å². The molecule has 0 unspecified atom stereocenters. The molecule has 8 nitrogen and oxygen atoms in total. The second-order valence-electron chi connectivity index (χ2n) is 7.82. The van der Waals surface area contributed by atoms with Crippen LogP contribution in [0.4, 0.5) is 0 Å². The zero-order valence-electron chi connectivity index (χ0n) is 19.6. The van der Waals surface area contributed by atoms with Crippen LogP contribution in [0.15, 0.2) is 94.1 Å². The van der Waals surface area contributed by atoms with Crippen molar-refractivity contribution in [3.8, 4) is 17.2 Å². The number of aryl methyl sites for hydroxylation is 1. The zero-order valence-corrected chi connectivity index (χ0v) is 19.6. The minimum Gasteiger partial charge on any atom is -0.496 e. The molecule has 0 bridgehead atoms. The van der Waals surface area contributed by atoms with Crippen LogP contribution in [-0.4, -0.2) is 36.1 Å². The molecule has 1 amide bonds. The number of hydrogen-bond acceptors (Lipinski definition) is 7. The van der Waals surface area contributed by atoms with E-state index >= 15 is 0 Å². The lowest BCUT2D eigenvalue weighted by molar-refractivity contribution is -0.112. The molecule has 0 spiro atoms. The molecule has 0 aliphatic carbocycles. The predicted octanol–water partition coefficient (Wildman–Crippen LogP) is 5.57. The van der Waals surface area contributed by atoms with Gasteiger partial charge >= 0.3 is 5.91 Å². The molecular formula is C27H24N4O4. The van der Waals surface area contributed by atoms with Crippen LogP contribution in [0.3, 0.4) is 0 Å². The molecule has 1 aliphatic rings. The molecule has 0 fully saturated rings. The molecular weight excluding hydrogens is 444 g/mol. The first-order valence-electron chi connectivity index (χ1n) is 10.9. The normalized spacial score (nSPS) is 13.6. The first-order chi connectivity index (χ1) is 17.0. The third-order valence-corrected chi connectivity index (χ3v) is 5.42. The van der Waals surface area contributed by atoms with Crippen LogP contribution in [0.5, 0.6) is 17.2 Å². The van der Waals surface area contributed by atoms with Gasteiger partial charge < -0.3 is 9.47 Å². The van der Waals surface area contributed by atoms with Crippen molar-refractivity contribution in [2.45, 2.75) is 13.8 Å². The fourth-order valence-electron chi connectivity index (χ4n) is 3.55. The van der Waals surface area contributed by atoms with Crippen molar-refractivity contribution >= 4 is 23.0 Å². The van der Waals surface area contributed by atoms with Gasteiger partial charge in [-0.3, -0.25) is 9.79 Å². The van der Waals surface area contributed by atoms with Gasteiger partial charge in [0.1, 0.15) is 29.6 Å². The molecule has 8 heteroatoms. The molecule has 1 aliphatic heterocycles. The molecule has 3 aromatic carbocycles. The fraction of sp³-hybridized carbons (Fsp3) is 0.148. The third kappa shape index (κ3) is 5.50. The average molecular weight is 469 g/mol. The van der Waals surface area contributed by atoms with Gasteiger partial charge in [-0.15, -0.1) is 4.91 Å². The summed E-state index contributed by atoms with van der Waals surface area (Å²) in [4.78, 5) is 27.0. The van der Waals surface area contributed by atoms with Crippen molar-refractivity contribution in [3.05, 3.63) is 100 Å². The number of methoxy groups -OCH3 is 1. The summed E-state index contributed by atoms with van der Waals surface area (Å²) >= 11 is 0. The van der Waals surface area contributed by atoms with Gasteiger partial charge in [-0.1, -0.05) is 30.3 Å². The van der Waals surface area contributed by atoms with E-state index in [1.54, 1.807) is 12.1 Å². The van der Waals surface area contributed by atoms with Gasteiger partial charge in [0, 0.05) is 16.3 Å². The van der Waals surface area contributed by atoms with Crippen molar-refractivity contribution < 1.29 is 14.3 Å². The van der Waals surface area contributed by atoms with E-state index < -0.39 is 5.91 Å². The number of carbonyl (C=O) groups excluding carboxylic acids is 1. The summed E-state index contributed by atoms with van der Waals surface area (Å²) in [7, 11) is 1.61. The first kappa shape index (κ1) is 23.6. The van der Waals surface area contributed by atoms with Crippen molar-refractivity contribution in [2.75, 3.05) is 13.8 Å². The van der Waals surface area contributed by atoms with Gasteiger partial charge in [0.15, 0.2) is 0 Å². The van der Waals surface area contributed by atoms with Crippen molar-refractivity contribution in [1.29, 1.82) is 0 Å². The topological polar surface area (TPSA) is 92.9 Å². The molecule has 176 valence electrons. The molecule has 35 heavy (non-hydrogen) atoms. The van der Waals surface area contributed by atoms with Crippen LogP contribution >= 0.6 is 0 Å². The minimum absolute atomic E-state index is 0.0222. The van der Waals surface area contributed by atoms with Gasteiger partial charge in [0.2, 0.25) is 0 Å². The number of aliphatic imine (C=N–C) groups is 1. The smallest absolute Gasteiger partial charge is 0.332 e. The number of nitrogens with zero attached hydrogens (tertiary/aromatic N) is 4. The summed E-state index contributed by atoms with van der Waals surface area (Å²) in [6.07, 6.45) is 1.89. The van der Waals surface area contributed by atoms with Gasteiger partial charge in [0.05, 0.1) is 18.5 Å². The highest BCUT2D eigenvalue weighted by Crippen LogP contribution is 2.30. The molecule has 1 heterocycles. The Morgan fingerprint density at radius 3 is 2.34 bits per heavy atom. The number of carbonyl (C=O) groups is 1. The molecule has 4 rings (SSSR count). The van der Waals surface area contributed by atoms with Gasteiger partial charge in [-0.05, 0) is 68.0 Å². The monoisotopic (exact) mass is 468 g/mol. The molecule has 0 atom stereocenters. The van der Waals surface area contributed by atoms with Crippen LogP contribution in [0.2, 0.25) is 0 Å². The van der Waals surface area contributed by atoms with Crippen LogP contribution in [0.25, 0.3) is 5.70 Å². The number of ether oxygens (including phenoxy) is 2. The maximum atomic E-state index is 11.7. The number of nitroso groups, excluding NO2 is 1. The SMILES string of the molecule is COc1cc(C2=CC(c3ccc(Oc4ccccc4)cc3)=NCN2/N=C(\C)C(=O)N=O)ccc1C. The van der Waals surface area contributed by atoms with E-state index in [-0.39, 0.29) is 12.4 Å². The summed E-state index contributed by atoms with van der Waals surface area (Å²) in [6, 6.07) is 23.0. The van der Waals surface area contributed by atoms with E-state index in [1.807, 2.05) is 85.8 Å². The molecule has 3 aromatic rings. The first-order valence-corrected chi connectivity index (χ1v) is 10.9. The second kappa shape index (κ2) is 10.6. The van der Waals surface area contributed by atoms with Crippen LogP contribution in [0.1, 0.15) is 23.6 Å². The molecule has 0 radical (unpaired) electrons. The number of para-hydroxylation sites is 1. The maximum absolute atomic E-state index is 11.7. The zero-order chi connectivity index (χ0) is 24.8. The van der Waals surface area contributed by atoms with E-state index in [2.05, 4.69) is 15.3 Å². The Morgan fingerprint density at radius 2 is 1.66 bits per heavy atom. The number of hydrazone groups is 1. The van der Waals surface area contributed by atoms with Crippen LogP contribution in [-0.2, 0) is 4.79 Å². The van der Waals surface area contributed by atoms with Crippen molar-refractivity contribution in [2.24, 2.45) is 15.3 Å². The van der Waals surface area contributed by atoms with Gasteiger partial charge in [-0.25, -0.2) is 5.01 Å². The highest BCUT2D eigenvalue weighted by Gasteiger charge is 2.20. The summed E-state index contributed by atoms with van der Waals surface area (Å²) in [5.74, 6) is 1.27. The third-order valence-electron chi connectivity index (χ3n) is 5.42. The van der Waals surface area contributed by atoms with E-state index in [1.165, 1.54) is 6.92 Å². The number of benzene rings is 3. The van der Waals surface area contributed by atoms with Crippen molar-refractivity contribution in [1.82, 2.24) is 5.01 Å². The minimum atomic E-state index is -0.922. The highest BCUT2D eigenvalue weighted by molar-refractivity contribution is 6.38. The Balaban J connectivity index is 1.67. The Hall–Kier alpha value is -4.59. The maximum Gasteiger partial charge on any atom is 0.332 e. The standard InChI is InChI=1S/C27H24N4O4/c1-18-9-10-21(15-26(18)34-3)25-16-24(28-17-31(25)29-19(2)27(32)30-33)20-11-13-23(14-12-20)35-22-7-5-4-6-8-22/h4-16H,17H2,1-3H3/b29-19+. The lowest BCUT2D eigenvalue weighted by Crippen LogP contribution is -2.25. The van der Waals surface area contributed by atoms with E-state index in [9.17, 15) is 9.70 Å². The highest BCUT2D eigenvalue weighted by atomic mass is 16.5. The Kier molecular flexibility index (Phi) is 7.11. The molecule has 0 N–H and O–H groups in total. The Morgan fingerprint density at radius 1 is 0.971 bits per heavy atom. The quantitative estimate of drug-likeness (QED) is 0.334. The van der Waals surface area contributed by atoms with E-state index in [4.69, 9.17) is 9.47 Å². The molecule has 0 aromatic heterocycles. The predicted molar refractivity (Wildman–Crippen MR) is 136 cm³/mol. The van der Waals surface area contributed by atoms with Crippen molar-refractivity contribution in [3.63, 3.8) is 0 Å². The number of allylic oxidation sites excluding steroid dienone is 1. The van der Waals surface area contributed by atoms with Crippen LogP contribution in [0, 0.1) is 11.8 Å². The average Bonchev–Trinajstić information content (AvgIpc) is 2.90. The summed E-state index contributed by atoms with van der Waals surface area (Å²) in [5.41, 5.74) is 4.14. The largest absolute Gasteiger partial charge is 0.496 e. The van der Waals surface area contributed by atoms with Gasteiger partial charge in [-0.2, -0.15) is 5.10 Å².